The molecule has 0 rings (SSSR count). The number of aliphatic carboxylic acids is 1. The minimum atomic E-state index is -0.878. The molecular weight excluding hydrogens is 132 g/mol. The molecular formula is C7H12O3. The van der Waals surface area contributed by atoms with Crippen LogP contribution in [0.15, 0.2) is 12.2 Å². The van der Waals surface area contributed by atoms with Crippen LogP contribution in [0.1, 0.15) is 13.8 Å². The summed E-state index contributed by atoms with van der Waals surface area (Å²) in [6.45, 7) is 3.13. The van der Waals surface area contributed by atoms with Crippen LogP contribution in [0.4, 0.5) is 0 Å². The van der Waals surface area contributed by atoms with Crippen LogP contribution in [0.25, 0.3) is 0 Å². The van der Waals surface area contributed by atoms with Gasteiger partial charge >= 0.3 is 5.97 Å². The molecule has 0 aliphatic carbocycles. The van der Waals surface area contributed by atoms with Gasteiger partial charge < -0.3 is 10.2 Å². The molecule has 0 aromatic rings. The van der Waals surface area contributed by atoms with Crippen LogP contribution < -0.4 is 0 Å². The molecule has 0 saturated carbocycles. The molecule has 0 aromatic heterocycles. The first-order valence-electron chi connectivity index (χ1n) is 3.13. The molecule has 0 fully saturated rings. The number of carboxylic acids is 1. The van der Waals surface area contributed by atoms with E-state index >= 15 is 0 Å². The zero-order valence-electron chi connectivity index (χ0n) is 6.11. The van der Waals surface area contributed by atoms with Crippen molar-refractivity contribution in [2.45, 2.75) is 20.0 Å². The van der Waals surface area contributed by atoms with Crippen LogP contribution in [0.2, 0.25) is 0 Å². The van der Waals surface area contributed by atoms with Crippen molar-refractivity contribution in [2.75, 3.05) is 0 Å². The van der Waals surface area contributed by atoms with Crippen LogP contribution in [0.5, 0.6) is 0 Å². The second-order valence-electron chi connectivity index (χ2n) is 2.25. The van der Waals surface area contributed by atoms with E-state index in [2.05, 4.69) is 0 Å². The molecule has 3 nitrogen and oxygen atoms in total. The Labute approximate surface area is 60.0 Å². The van der Waals surface area contributed by atoms with Crippen molar-refractivity contribution in [2.24, 2.45) is 5.92 Å². The van der Waals surface area contributed by atoms with Gasteiger partial charge in [-0.05, 0) is 13.8 Å². The van der Waals surface area contributed by atoms with Crippen LogP contribution in [0, 0.1) is 5.92 Å². The lowest BCUT2D eigenvalue weighted by Crippen LogP contribution is -2.06. The Kier molecular flexibility index (Phi) is 3.72. The maximum absolute atomic E-state index is 10.2. The normalized spacial score (nSPS) is 17.1. The first-order valence-corrected chi connectivity index (χ1v) is 3.13. The van der Waals surface area contributed by atoms with Crippen LogP contribution in [-0.2, 0) is 4.79 Å². The van der Waals surface area contributed by atoms with E-state index in [-0.39, 0.29) is 0 Å². The SMILES string of the molecule is CC(O)C=CC(C)C(=O)O. The van der Waals surface area contributed by atoms with Gasteiger partial charge in [-0.2, -0.15) is 0 Å². The summed E-state index contributed by atoms with van der Waals surface area (Å²) in [6, 6.07) is 0. The number of carboxylic acid groups (broad SMARTS) is 1. The van der Waals surface area contributed by atoms with Gasteiger partial charge in [0.15, 0.2) is 0 Å². The number of hydrogen-bond donors (Lipinski definition) is 2. The van der Waals surface area contributed by atoms with Gasteiger partial charge in [0, 0.05) is 0 Å². The summed E-state index contributed by atoms with van der Waals surface area (Å²) < 4.78 is 0. The molecule has 0 spiro atoms. The lowest BCUT2D eigenvalue weighted by Gasteiger charge is -1.98. The summed E-state index contributed by atoms with van der Waals surface area (Å²) in [4.78, 5) is 10.2. The first kappa shape index (κ1) is 9.17. The fourth-order valence-corrected chi connectivity index (χ4v) is 0.410. The molecule has 0 aliphatic rings. The second-order valence-corrected chi connectivity index (χ2v) is 2.25. The maximum atomic E-state index is 10.2. The van der Waals surface area contributed by atoms with E-state index in [1.54, 1.807) is 13.8 Å². The van der Waals surface area contributed by atoms with Crippen molar-refractivity contribution < 1.29 is 15.0 Å². The maximum Gasteiger partial charge on any atom is 0.310 e. The zero-order valence-corrected chi connectivity index (χ0v) is 6.11. The highest BCUT2D eigenvalue weighted by atomic mass is 16.4. The highest BCUT2D eigenvalue weighted by Crippen LogP contribution is 1.97. The molecule has 2 atom stereocenters. The largest absolute Gasteiger partial charge is 0.481 e. The van der Waals surface area contributed by atoms with E-state index < -0.39 is 18.0 Å². The number of rotatable bonds is 3. The minimum absolute atomic E-state index is 0.519. The Bertz CT molecular complexity index is 138. The molecule has 10 heavy (non-hydrogen) atoms. The third kappa shape index (κ3) is 4.09. The fraction of sp³-hybridized carbons (Fsp3) is 0.571. The fourth-order valence-electron chi connectivity index (χ4n) is 0.410. The summed E-state index contributed by atoms with van der Waals surface area (Å²) in [7, 11) is 0. The molecule has 0 aliphatic heterocycles. The Hall–Kier alpha value is -0.830. The molecule has 0 radical (unpaired) electrons. The number of aliphatic hydroxyl groups excluding tert-OH is 1. The van der Waals surface area contributed by atoms with Crippen LogP contribution in [-0.4, -0.2) is 22.3 Å². The predicted octanol–water partition coefficient (Wildman–Crippen LogP) is 0.644. The third-order valence-corrected chi connectivity index (χ3v) is 1.07. The summed E-state index contributed by atoms with van der Waals surface area (Å²) >= 11 is 0. The average Bonchev–Trinajstić information content (AvgIpc) is 1.82. The molecule has 58 valence electrons. The minimum Gasteiger partial charge on any atom is -0.481 e. The highest BCUT2D eigenvalue weighted by molar-refractivity contribution is 5.71. The number of aliphatic hydroxyl groups is 1. The highest BCUT2D eigenvalue weighted by Gasteiger charge is 2.04. The van der Waals surface area contributed by atoms with Crippen molar-refractivity contribution in [1.82, 2.24) is 0 Å². The zero-order chi connectivity index (χ0) is 8.15. The van der Waals surface area contributed by atoms with Gasteiger partial charge in [0.05, 0.1) is 12.0 Å². The number of carbonyl (C=O) groups is 1. The van der Waals surface area contributed by atoms with E-state index in [1.165, 1.54) is 12.2 Å². The van der Waals surface area contributed by atoms with Gasteiger partial charge in [-0.25, -0.2) is 0 Å². The summed E-state index contributed by atoms with van der Waals surface area (Å²) in [5, 5.41) is 17.1. The van der Waals surface area contributed by atoms with Crippen molar-refractivity contribution in [3.05, 3.63) is 12.2 Å². The van der Waals surface area contributed by atoms with Crippen LogP contribution in [0.3, 0.4) is 0 Å². The lowest BCUT2D eigenvalue weighted by atomic mass is 10.1. The monoisotopic (exact) mass is 144 g/mol. The predicted molar refractivity (Wildman–Crippen MR) is 37.6 cm³/mol. The van der Waals surface area contributed by atoms with E-state index in [9.17, 15) is 4.79 Å². The average molecular weight is 144 g/mol. The summed E-state index contributed by atoms with van der Waals surface area (Å²) in [5.41, 5.74) is 0. The number of hydrogen-bond acceptors (Lipinski definition) is 2. The standard InChI is InChI=1S/C7H12O3/c1-5(7(9)10)3-4-6(2)8/h3-6,8H,1-2H3,(H,9,10). The van der Waals surface area contributed by atoms with E-state index in [1.807, 2.05) is 0 Å². The van der Waals surface area contributed by atoms with Crippen LogP contribution >= 0.6 is 0 Å². The Morgan fingerprint density at radius 2 is 1.90 bits per heavy atom. The quantitative estimate of drug-likeness (QED) is 0.571. The van der Waals surface area contributed by atoms with Crippen molar-refractivity contribution in [3.63, 3.8) is 0 Å². The summed E-state index contributed by atoms with van der Waals surface area (Å²) in [5.74, 6) is -1.40. The Morgan fingerprint density at radius 1 is 1.40 bits per heavy atom. The van der Waals surface area contributed by atoms with Gasteiger partial charge in [-0.3, -0.25) is 4.79 Å². The van der Waals surface area contributed by atoms with Gasteiger partial charge in [-0.15, -0.1) is 0 Å². The third-order valence-electron chi connectivity index (χ3n) is 1.07. The molecule has 0 heterocycles. The molecule has 3 heteroatoms. The molecule has 0 saturated heterocycles. The lowest BCUT2D eigenvalue weighted by molar-refractivity contribution is -0.139. The van der Waals surface area contributed by atoms with Gasteiger partial charge in [-0.1, -0.05) is 12.2 Å². The summed E-state index contributed by atoms with van der Waals surface area (Å²) in [6.07, 6.45) is 2.35. The Morgan fingerprint density at radius 3 is 2.20 bits per heavy atom. The second kappa shape index (κ2) is 4.06. The van der Waals surface area contributed by atoms with E-state index in [4.69, 9.17) is 10.2 Å². The van der Waals surface area contributed by atoms with E-state index in [0.717, 1.165) is 0 Å². The molecule has 0 bridgehead atoms. The smallest absolute Gasteiger partial charge is 0.310 e. The topological polar surface area (TPSA) is 57.5 Å². The molecule has 0 aromatic carbocycles. The van der Waals surface area contributed by atoms with Gasteiger partial charge in [0.2, 0.25) is 0 Å². The first-order chi connectivity index (χ1) is 4.54. The van der Waals surface area contributed by atoms with Crippen molar-refractivity contribution >= 4 is 5.97 Å². The van der Waals surface area contributed by atoms with E-state index in [0.29, 0.717) is 0 Å². The van der Waals surface area contributed by atoms with Crippen molar-refractivity contribution in [1.29, 1.82) is 0 Å². The van der Waals surface area contributed by atoms with Gasteiger partial charge in [0.1, 0.15) is 0 Å². The van der Waals surface area contributed by atoms with Crippen molar-refractivity contribution in [3.8, 4) is 0 Å². The van der Waals surface area contributed by atoms with Gasteiger partial charge in [0.25, 0.3) is 0 Å². The Balaban J connectivity index is 3.77. The molecule has 2 unspecified atom stereocenters. The molecule has 0 amide bonds. The molecule has 2 N–H and O–H groups in total.